The average molecular weight is 302 g/mol. The highest BCUT2D eigenvalue weighted by Gasteiger charge is 2.09. The number of carbonyl (C=O) groups excluding carboxylic acids is 1. The van der Waals surface area contributed by atoms with Crippen molar-refractivity contribution in [1.29, 1.82) is 0 Å². The van der Waals surface area contributed by atoms with E-state index in [2.05, 4.69) is 27.8 Å². The topological polar surface area (TPSA) is 73.0 Å². The fourth-order valence-corrected chi connectivity index (χ4v) is 2.91. The van der Waals surface area contributed by atoms with E-state index in [1.54, 1.807) is 37.1 Å². The molecule has 0 aliphatic rings. The van der Waals surface area contributed by atoms with Gasteiger partial charge in [0.05, 0.1) is 18.7 Å². The van der Waals surface area contributed by atoms with Crippen LogP contribution in [-0.4, -0.2) is 27.4 Å². The Balaban J connectivity index is 1.53. The standard InChI is InChI=1S/C14H14N4O2S/c1-18-8-12(16-17-18)14(19)15-6-4-11-2-3-13(21-11)10-5-7-20-9-10/h2-3,5,7-9H,4,6H2,1H3,(H,15,19). The predicted octanol–water partition coefficient (Wildman–Crippen LogP) is 2.11. The van der Waals surface area contributed by atoms with Crippen LogP contribution in [0.4, 0.5) is 0 Å². The van der Waals surface area contributed by atoms with Crippen molar-refractivity contribution >= 4 is 17.2 Å². The molecule has 0 spiro atoms. The highest BCUT2D eigenvalue weighted by atomic mass is 32.1. The number of nitrogens with zero attached hydrogens (tertiary/aromatic N) is 3. The molecule has 0 fully saturated rings. The van der Waals surface area contributed by atoms with Crippen LogP contribution in [0.15, 0.2) is 41.3 Å². The number of aryl methyl sites for hydroxylation is 1. The maximum atomic E-state index is 11.8. The predicted molar refractivity (Wildman–Crippen MR) is 79.1 cm³/mol. The van der Waals surface area contributed by atoms with Crippen LogP contribution in [0.5, 0.6) is 0 Å². The molecule has 3 rings (SSSR count). The van der Waals surface area contributed by atoms with E-state index in [1.165, 1.54) is 14.4 Å². The van der Waals surface area contributed by atoms with Gasteiger partial charge in [0.2, 0.25) is 0 Å². The number of amides is 1. The molecule has 6 nitrogen and oxygen atoms in total. The summed E-state index contributed by atoms with van der Waals surface area (Å²) in [6.07, 6.45) is 5.77. The third kappa shape index (κ3) is 3.19. The molecule has 3 heterocycles. The SMILES string of the molecule is Cn1cc(C(=O)NCCc2ccc(-c3ccoc3)s2)nn1. The molecule has 0 aliphatic carbocycles. The van der Waals surface area contributed by atoms with E-state index < -0.39 is 0 Å². The van der Waals surface area contributed by atoms with Crippen LogP contribution in [-0.2, 0) is 13.5 Å². The maximum Gasteiger partial charge on any atom is 0.273 e. The second kappa shape index (κ2) is 5.92. The Kier molecular flexibility index (Phi) is 3.83. The number of rotatable bonds is 5. The second-order valence-corrected chi connectivity index (χ2v) is 5.73. The van der Waals surface area contributed by atoms with Gasteiger partial charge in [0.15, 0.2) is 5.69 Å². The van der Waals surface area contributed by atoms with Crippen LogP contribution < -0.4 is 5.32 Å². The second-order valence-electron chi connectivity index (χ2n) is 4.56. The van der Waals surface area contributed by atoms with Crippen molar-refractivity contribution in [3.8, 4) is 10.4 Å². The number of carbonyl (C=O) groups is 1. The zero-order valence-corrected chi connectivity index (χ0v) is 12.3. The molecule has 0 atom stereocenters. The third-order valence-electron chi connectivity index (χ3n) is 2.96. The maximum absolute atomic E-state index is 11.8. The summed E-state index contributed by atoms with van der Waals surface area (Å²) in [5.74, 6) is -0.199. The van der Waals surface area contributed by atoms with Gasteiger partial charge in [0.1, 0.15) is 0 Å². The van der Waals surface area contributed by atoms with Crippen molar-refractivity contribution < 1.29 is 9.21 Å². The van der Waals surface area contributed by atoms with E-state index in [0.717, 1.165) is 12.0 Å². The van der Waals surface area contributed by atoms with Crippen molar-refractivity contribution in [3.05, 3.63) is 47.5 Å². The van der Waals surface area contributed by atoms with Crippen LogP contribution in [0.1, 0.15) is 15.4 Å². The van der Waals surface area contributed by atoms with Gasteiger partial charge in [-0.1, -0.05) is 5.21 Å². The van der Waals surface area contributed by atoms with Gasteiger partial charge in [-0.05, 0) is 24.6 Å². The Morgan fingerprint density at radius 2 is 2.33 bits per heavy atom. The Hall–Kier alpha value is -2.41. The van der Waals surface area contributed by atoms with Crippen LogP contribution in [0, 0.1) is 0 Å². The molecule has 0 radical (unpaired) electrons. The summed E-state index contributed by atoms with van der Waals surface area (Å²) in [5, 5.41) is 10.3. The summed E-state index contributed by atoms with van der Waals surface area (Å²) in [4.78, 5) is 14.2. The number of thiophene rings is 1. The molecular formula is C14H14N4O2S. The molecule has 0 unspecified atom stereocenters. The van der Waals surface area contributed by atoms with Crippen molar-refractivity contribution in [2.45, 2.75) is 6.42 Å². The Bertz CT molecular complexity index is 730. The van der Waals surface area contributed by atoms with Crippen molar-refractivity contribution in [1.82, 2.24) is 20.3 Å². The molecule has 1 amide bonds. The van der Waals surface area contributed by atoms with Gasteiger partial charge in [-0.15, -0.1) is 16.4 Å². The molecule has 1 N–H and O–H groups in total. The van der Waals surface area contributed by atoms with Crippen molar-refractivity contribution in [2.24, 2.45) is 7.05 Å². The first kappa shape index (κ1) is 13.6. The minimum atomic E-state index is -0.199. The molecule has 108 valence electrons. The molecule has 3 aromatic rings. The Morgan fingerprint density at radius 1 is 1.43 bits per heavy atom. The lowest BCUT2D eigenvalue weighted by Crippen LogP contribution is -2.25. The molecule has 0 aromatic carbocycles. The largest absolute Gasteiger partial charge is 0.472 e. The zero-order valence-electron chi connectivity index (χ0n) is 11.4. The van der Waals surface area contributed by atoms with E-state index in [0.29, 0.717) is 12.2 Å². The fraction of sp³-hybridized carbons (Fsp3) is 0.214. The quantitative estimate of drug-likeness (QED) is 0.783. The first-order valence-corrected chi connectivity index (χ1v) is 7.30. The lowest BCUT2D eigenvalue weighted by atomic mass is 10.3. The van der Waals surface area contributed by atoms with Gasteiger partial charge < -0.3 is 9.73 Å². The molecule has 21 heavy (non-hydrogen) atoms. The van der Waals surface area contributed by atoms with Gasteiger partial charge in [0.25, 0.3) is 5.91 Å². The summed E-state index contributed by atoms with van der Waals surface area (Å²) < 4.78 is 6.58. The first-order valence-electron chi connectivity index (χ1n) is 6.48. The van der Waals surface area contributed by atoms with Crippen molar-refractivity contribution in [2.75, 3.05) is 6.54 Å². The number of aromatic nitrogens is 3. The number of furan rings is 1. The molecule has 0 saturated carbocycles. The summed E-state index contributed by atoms with van der Waals surface area (Å²) in [7, 11) is 1.73. The van der Waals surface area contributed by atoms with Crippen LogP contribution >= 0.6 is 11.3 Å². The van der Waals surface area contributed by atoms with E-state index in [-0.39, 0.29) is 5.91 Å². The zero-order chi connectivity index (χ0) is 14.7. The van der Waals surface area contributed by atoms with Gasteiger partial charge in [-0.3, -0.25) is 9.48 Å². The Labute approximate surface area is 125 Å². The van der Waals surface area contributed by atoms with E-state index >= 15 is 0 Å². The molecule has 0 aliphatic heterocycles. The highest BCUT2D eigenvalue weighted by Crippen LogP contribution is 2.28. The summed E-state index contributed by atoms with van der Waals surface area (Å²) in [5.41, 5.74) is 1.41. The van der Waals surface area contributed by atoms with Crippen LogP contribution in [0.25, 0.3) is 10.4 Å². The monoisotopic (exact) mass is 302 g/mol. The smallest absolute Gasteiger partial charge is 0.273 e. The minimum Gasteiger partial charge on any atom is -0.472 e. The van der Waals surface area contributed by atoms with Gasteiger partial charge in [0, 0.05) is 28.9 Å². The molecule has 0 bridgehead atoms. The van der Waals surface area contributed by atoms with Gasteiger partial charge >= 0.3 is 0 Å². The average Bonchev–Trinajstić information content (AvgIpc) is 3.19. The highest BCUT2D eigenvalue weighted by molar-refractivity contribution is 7.15. The normalized spacial score (nSPS) is 10.7. The number of hydrogen-bond donors (Lipinski definition) is 1. The van der Waals surface area contributed by atoms with Crippen LogP contribution in [0.2, 0.25) is 0 Å². The molecule has 3 aromatic heterocycles. The summed E-state index contributed by atoms with van der Waals surface area (Å²) in [6, 6.07) is 6.07. The number of nitrogens with one attached hydrogen (secondary N) is 1. The summed E-state index contributed by atoms with van der Waals surface area (Å²) in [6.45, 7) is 0.570. The fourth-order valence-electron chi connectivity index (χ4n) is 1.91. The molecule has 7 heteroatoms. The lowest BCUT2D eigenvalue weighted by molar-refractivity contribution is 0.0949. The van der Waals surface area contributed by atoms with E-state index in [1.807, 2.05) is 6.07 Å². The van der Waals surface area contributed by atoms with E-state index in [9.17, 15) is 4.79 Å². The van der Waals surface area contributed by atoms with Crippen molar-refractivity contribution in [3.63, 3.8) is 0 Å². The lowest BCUT2D eigenvalue weighted by Gasteiger charge is -2.00. The number of hydrogen-bond acceptors (Lipinski definition) is 5. The third-order valence-corrected chi connectivity index (χ3v) is 4.15. The molecular weight excluding hydrogens is 288 g/mol. The Morgan fingerprint density at radius 3 is 3.05 bits per heavy atom. The summed E-state index contributed by atoms with van der Waals surface area (Å²) >= 11 is 1.70. The van der Waals surface area contributed by atoms with E-state index in [4.69, 9.17) is 4.42 Å². The van der Waals surface area contributed by atoms with Crippen LogP contribution in [0.3, 0.4) is 0 Å². The van der Waals surface area contributed by atoms with Gasteiger partial charge in [-0.25, -0.2) is 0 Å². The van der Waals surface area contributed by atoms with Gasteiger partial charge in [-0.2, -0.15) is 0 Å². The molecule has 0 saturated heterocycles. The first-order chi connectivity index (χ1) is 10.2. The minimum absolute atomic E-state index is 0.199.